The van der Waals surface area contributed by atoms with Gasteiger partial charge in [-0.3, -0.25) is 9.69 Å². The molecule has 3 N–H and O–H groups in total. The van der Waals surface area contributed by atoms with Crippen molar-refractivity contribution in [3.05, 3.63) is 23.4 Å². The van der Waals surface area contributed by atoms with Gasteiger partial charge < -0.3 is 15.8 Å². The first-order valence-electron chi connectivity index (χ1n) is 9.84. The molecule has 0 amide bonds. The number of hydrogen-bond acceptors (Lipinski definition) is 6. The van der Waals surface area contributed by atoms with E-state index in [9.17, 15) is 4.79 Å². The molecule has 6 nitrogen and oxygen atoms in total. The van der Waals surface area contributed by atoms with Gasteiger partial charge in [0.05, 0.1) is 7.11 Å². The van der Waals surface area contributed by atoms with Crippen molar-refractivity contribution in [2.24, 2.45) is 11.7 Å². The Morgan fingerprint density at radius 1 is 1.46 bits per heavy atom. The first-order chi connectivity index (χ1) is 12.5. The van der Waals surface area contributed by atoms with Crippen molar-refractivity contribution in [1.82, 2.24) is 9.88 Å². The van der Waals surface area contributed by atoms with Gasteiger partial charge in [-0.2, -0.15) is 0 Å². The summed E-state index contributed by atoms with van der Waals surface area (Å²) in [5.74, 6) is 1.61. The third-order valence-corrected chi connectivity index (χ3v) is 5.92. The third-order valence-electron chi connectivity index (χ3n) is 5.92. The second-order valence-electron chi connectivity index (χ2n) is 7.74. The van der Waals surface area contributed by atoms with E-state index in [4.69, 9.17) is 15.5 Å². The largest absolute Gasteiger partial charge is 0.468 e. The van der Waals surface area contributed by atoms with E-state index in [-0.39, 0.29) is 5.97 Å². The zero-order valence-corrected chi connectivity index (χ0v) is 16.2. The Balaban J connectivity index is 1.56. The molecule has 0 aromatic carbocycles. The highest BCUT2D eigenvalue weighted by Gasteiger charge is 2.36. The Kier molecular flexibility index (Phi) is 6.14. The van der Waals surface area contributed by atoms with Crippen molar-refractivity contribution in [3.8, 4) is 0 Å². The highest BCUT2D eigenvalue weighted by Crippen LogP contribution is 2.33. The smallest absolute Gasteiger partial charge is 0.322 e. The second kappa shape index (κ2) is 8.35. The molecular formula is C20H32N4O2. The standard InChI is InChI=1S/C20H32N4O2/c1-4-18(13(2)10-16(21)20(25)26-3)24-11-15(12-24)17-8-7-14-6-5-9-22-19(14)23-17/h7-8,13,15-16,18H,4-6,9-12,21H2,1-3H3,(H,22,23)/t13?,16-,18-/m0/s1. The maximum absolute atomic E-state index is 11.6. The van der Waals surface area contributed by atoms with Gasteiger partial charge in [0.1, 0.15) is 11.9 Å². The van der Waals surface area contributed by atoms with Crippen molar-refractivity contribution in [3.63, 3.8) is 0 Å². The molecule has 0 aliphatic carbocycles. The number of esters is 1. The van der Waals surface area contributed by atoms with E-state index in [2.05, 4.69) is 36.2 Å². The molecule has 6 heteroatoms. The van der Waals surface area contributed by atoms with Crippen molar-refractivity contribution in [2.75, 3.05) is 32.1 Å². The number of pyridine rings is 1. The summed E-state index contributed by atoms with van der Waals surface area (Å²) in [6.45, 7) is 7.48. The van der Waals surface area contributed by atoms with E-state index in [0.717, 1.165) is 38.3 Å². The highest BCUT2D eigenvalue weighted by molar-refractivity contribution is 5.75. The summed E-state index contributed by atoms with van der Waals surface area (Å²) >= 11 is 0. The van der Waals surface area contributed by atoms with E-state index in [1.807, 2.05) is 0 Å². The molecule has 0 radical (unpaired) electrons. The lowest BCUT2D eigenvalue weighted by molar-refractivity contribution is -0.142. The first kappa shape index (κ1) is 19.1. The number of ether oxygens (including phenoxy) is 1. The van der Waals surface area contributed by atoms with E-state index in [1.165, 1.54) is 24.8 Å². The molecule has 2 aliphatic heterocycles. The van der Waals surface area contributed by atoms with Gasteiger partial charge in [0.15, 0.2) is 0 Å². The van der Waals surface area contributed by atoms with Crippen LogP contribution in [0.25, 0.3) is 0 Å². The highest BCUT2D eigenvalue weighted by atomic mass is 16.5. The maximum atomic E-state index is 11.6. The minimum Gasteiger partial charge on any atom is -0.468 e. The van der Waals surface area contributed by atoms with E-state index in [0.29, 0.717) is 24.3 Å². The number of nitrogens with one attached hydrogen (secondary N) is 1. The molecule has 2 aliphatic rings. The minimum atomic E-state index is -0.533. The predicted octanol–water partition coefficient (Wildman–Crippen LogP) is 2.14. The number of nitrogens with zero attached hydrogens (tertiary/aromatic N) is 2. The molecular weight excluding hydrogens is 328 g/mol. The van der Waals surface area contributed by atoms with Crippen LogP contribution in [0.1, 0.15) is 50.3 Å². The molecule has 0 saturated carbocycles. The van der Waals surface area contributed by atoms with Crippen LogP contribution in [0, 0.1) is 5.92 Å². The zero-order chi connectivity index (χ0) is 18.7. The summed E-state index contributed by atoms with van der Waals surface area (Å²) < 4.78 is 4.76. The van der Waals surface area contributed by atoms with E-state index in [1.54, 1.807) is 0 Å². The van der Waals surface area contributed by atoms with Crippen molar-refractivity contribution >= 4 is 11.8 Å². The Hall–Kier alpha value is -1.66. The number of rotatable bonds is 7. The molecule has 3 atom stereocenters. The van der Waals surface area contributed by atoms with Crippen LogP contribution in [0.3, 0.4) is 0 Å². The minimum absolute atomic E-state index is 0.320. The normalized spacial score (nSPS) is 21.1. The van der Waals surface area contributed by atoms with Crippen molar-refractivity contribution < 1.29 is 9.53 Å². The van der Waals surface area contributed by atoms with Crippen LogP contribution in [-0.2, 0) is 16.0 Å². The lowest BCUT2D eigenvalue weighted by atomic mass is 9.85. The van der Waals surface area contributed by atoms with Crippen LogP contribution >= 0.6 is 0 Å². The van der Waals surface area contributed by atoms with Gasteiger partial charge in [-0.25, -0.2) is 4.98 Å². The lowest BCUT2D eigenvalue weighted by Crippen LogP contribution is -2.53. The Labute approximate surface area is 156 Å². The first-order valence-corrected chi connectivity index (χ1v) is 9.84. The molecule has 1 aromatic heterocycles. The van der Waals surface area contributed by atoms with Crippen molar-refractivity contribution in [1.29, 1.82) is 0 Å². The van der Waals surface area contributed by atoms with Crippen molar-refractivity contribution in [2.45, 2.75) is 57.5 Å². The molecule has 1 saturated heterocycles. The third kappa shape index (κ3) is 4.01. The molecule has 3 heterocycles. The Morgan fingerprint density at radius 3 is 2.92 bits per heavy atom. The zero-order valence-electron chi connectivity index (χ0n) is 16.2. The Morgan fingerprint density at radius 2 is 2.23 bits per heavy atom. The lowest BCUT2D eigenvalue weighted by Gasteiger charge is -2.46. The quantitative estimate of drug-likeness (QED) is 0.725. The number of fused-ring (bicyclic) bond motifs is 1. The fraction of sp³-hybridized carbons (Fsp3) is 0.700. The molecule has 0 bridgehead atoms. The van der Waals surface area contributed by atoms with Crippen LogP contribution in [0.15, 0.2) is 12.1 Å². The van der Waals surface area contributed by atoms with Gasteiger partial charge in [-0.15, -0.1) is 0 Å². The number of hydrogen-bond donors (Lipinski definition) is 2. The molecule has 0 spiro atoms. The Bertz CT molecular complexity index is 630. The van der Waals surface area contributed by atoms with Gasteiger partial charge in [-0.05, 0) is 43.2 Å². The van der Waals surface area contributed by atoms with Gasteiger partial charge in [0.25, 0.3) is 0 Å². The maximum Gasteiger partial charge on any atom is 0.322 e. The molecule has 1 unspecified atom stereocenters. The number of nitrogens with two attached hydrogens (primary N) is 1. The SMILES string of the molecule is CC[C@@H](C(C)C[C@H](N)C(=O)OC)N1CC(c2ccc3c(n2)NCCC3)C1. The summed E-state index contributed by atoms with van der Waals surface area (Å²) in [5, 5.41) is 3.42. The monoisotopic (exact) mass is 360 g/mol. The molecule has 3 rings (SSSR count). The number of carbonyl (C=O) groups excluding carboxylic acids is 1. The summed E-state index contributed by atoms with van der Waals surface area (Å²) in [7, 11) is 1.39. The van der Waals surface area contributed by atoms with Gasteiger partial charge in [0, 0.05) is 37.3 Å². The van der Waals surface area contributed by atoms with Crippen LogP contribution in [-0.4, -0.2) is 54.7 Å². The second-order valence-corrected chi connectivity index (χ2v) is 7.74. The molecule has 1 fully saturated rings. The number of anilines is 1. The van der Waals surface area contributed by atoms with E-state index < -0.39 is 6.04 Å². The van der Waals surface area contributed by atoms with Crippen LogP contribution in [0.5, 0.6) is 0 Å². The topological polar surface area (TPSA) is 80.5 Å². The number of methoxy groups -OCH3 is 1. The number of carbonyl (C=O) groups is 1. The fourth-order valence-corrected chi connectivity index (χ4v) is 4.37. The van der Waals surface area contributed by atoms with Gasteiger partial charge in [0.2, 0.25) is 0 Å². The summed E-state index contributed by atoms with van der Waals surface area (Å²) in [5.41, 5.74) is 8.49. The molecule has 1 aromatic rings. The fourth-order valence-electron chi connectivity index (χ4n) is 4.37. The van der Waals surface area contributed by atoms with Crippen LogP contribution in [0.4, 0.5) is 5.82 Å². The average Bonchev–Trinajstić information content (AvgIpc) is 2.62. The summed E-state index contributed by atoms with van der Waals surface area (Å²) in [6, 6.07) is 4.35. The molecule has 144 valence electrons. The van der Waals surface area contributed by atoms with Crippen LogP contribution in [0.2, 0.25) is 0 Å². The molecule has 26 heavy (non-hydrogen) atoms. The summed E-state index contributed by atoms with van der Waals surface area (Å²) in [4.78, 5) is 19.0. The summed E-state index contributed by atoms with van der Waals surface area (Å²) in [6.07, 6.45) is 4.03. The number of aromatic nitrogens is 1. The number of likely N-dealkylation sites (tertiary alicyclic amines) is 1. The predicted molar refractivity (Wildman–Crippen MR) is 103 cm³/mol. The van der Waals surface area contributed by atoms with Crippen LogP contribution < -0.4 is 11.1 Å². The van der Waals surface area contributed by atoms with Gasteiger partial charge in [-0.1, -0.05) is 19.9 Å². The average molecular weight is 361 g/mol. The van der Waals surface area contributed by atoms with Gasteiger partial charge >= 0.3 is 5.97 Å². The number of aryl methyl sites for hydroxylation is 1. The van der Waals surface area contributed by atoms with E-state index >= 15 is 0 Å².